The lowest BCUT2D eigenvalue weighted by molar-refractivity contribution is -0.150. The Morgan fingerprint density at radius 1 is 1.29 bits per heavy atom. The first-order valence-electron chi connectivity index (χ1n) is 6.88. The van der Waals surface area contributed by atoms with Crippen LogP contribution in [0.2, 0.25) is 0 Å². The van der Waals surface area contributed by atoms with Crippen molar-refractivity contribution in [3.8, 4) is 5.75 Å². The zero-order valence-corrected chi connectivity index (χ0v) is 11.8. The standard InChI is InChI=1S/C15H18FNO4/c1-10(11-2-3-11)17-14(18)8-21-15(19)9-20-13-6-4-12(16)5-7-13/h4-7,10-11H,2-3,8-9H2,1H3,(H,17,18)/t10-/m0/s1. The summed E-state index contributed by atoms with van der Waals surface area (Å²) in [6.07, 6.45) is 2.26. The summed E-state index contributed by atoms with van der Waals surface area (Å²) in [6.45, 7) is 1.30. The van der Waals surface area contributed by atoms with Gasteiger partial charge in [0, 0.05) is 6.04 Å². The lowest BCUT2D eigenvalue weighted by Gasteiger charge is -2.12. The number of carbonyl (C=O) groups is 2. The summed E-state index contributed by atoms with van der Waals surface area (Å²) in [7, 11) is 0. The van der Waals surface area contributed by atoms with Crippen molar-refractivity contribution in [3.63, 3.8) is 0 Å². The summed E-state index contributed by atoms with van der Waals surface area (Å²) < 4.78 is 22.6. The molecule has 1 aromatic carbocycles. The predicted molar refractivity (Wildman–Crippen MR) is 73.2 cm³/mol. The minimum Gasteiger partial charge on any atom is -0.482 e. The van der Waals surface area contributed by atoms with Gasteiger partial charge in [-0.2, -0.15) is 0 Å². The molecule has 0 radical (unpaired) electrons. The quantitative estimate of drug-likeness (QED) is 0.777. The fraction of sp³-hybridized carbons (Fsp3) is 0.467. The Morgan fingerprint density at radius 2 is 1.95 bits per heavy atom. The average molecular weight is 295 g/mol. The van der Waals surface area contributed by atoms with E-state index in [4.69, 9.17) is 9.47 Å². The Kier molecular flexibility index (Phi) is 5.14. The zero-order chi connectivity index (χ0) is 15.2. The van der Waals surface area contributed by atoms with Crippen molar-refractivity contribution in [1.29, 1.82) is 0 Å². The van der Waals surface area contributed by atoms with E-state index in [-0.39, 0.29) is 31.0 Å². The molecule has 2 rings (SSSR count). The zero-order valence-electron chi connectivity index (χ0n) is 11.8. The lowest BCUT2D eigenvalue weighted by atomic mass is 10.2. The number of benzene rings is 1. The molecule has 0 unspecified atom stereocenters. The Hall–Kier alpha value is -2.11. The van der Waals surface area contributed by atoms with E-state index in [2.05, 4.69) is 5.32 Å². The van der Waals surface area contributed by atoms with Gasteiger partial charge in [0.2, 0.25) is 0 Å². The van der Waals surface area contributed by atoms with Crippen LogP contribution < -0.4 is 10.1 Å². The third kappa shape index (κ3) is 5.41. The van der Waals surface area contributed by atoms with Crippen molar-refractivity contribution in [1.82, 2.24) is 5.32 Å². The van der Waals surface area contributed by atoms with E-state index >= 15 is 0 Å². The van der Waals surface area contributed by atoms with Crippen LogP contribution in [0, 0.1) is 11.7 Å². The Balaban J connectivity index is 1.62. The molecule has 21 heavy (non-hydrogen) atoms. The van der Waals surface area contributed by atoms with Gasteiger partial charge < -0.3 is 14.8 Å². The van der Waals surface area contributed by atoms with E-state index < -0.39 is 5.97 Å². The van der Waals surface area contributed by atoms with Gasteiger partial charge in [-0.1, -0.05) is 0 Å². The molecule has 1 N–H and O–H groups in total. The third-order valence-corrected chi connectivity index (χ3v) is 3.25. The highest BCUT2D eigenvalue weighted by Gasteiger charge is 2.28. The number of halogens is 1. The molecule has 0 aromatic heterocycles. The number of amides is 1. The topological polar surface area (TPSA) is 64.6 Å². The summed E-state index contributed by atoms with van der Waals surface area (Å²) in [6, 6.07) is 5.40. The lowest BCUT2D eigenvalue weighted by Crippen LogP contribution is -2.37. The molecule has 0 heterocycles. The molecule has 114 valence electrons. The fourth-order valence-electron chi connectivity index (χ4n) is 1.87. The monoisotopic (exact) mass is 295 g/mol. The van der Waals surface area contributed by atoms with Crippen molar-refractivity contribution in [2.24, 2.45) is 5.92 Å². The van der Waals surface area contributed by atoms with Gasteiger partial charge in [-0.3, -0.25) is 4.79 Å². The minimum atomic E-state index is -0.645. The van der Waals surface area contributed by atoms with Gasteiger partial charge in [-0.25, -0.2) is 9.18 Å². The van der Waals surface area contributed by atoms with E-state index in [0.29, 0.717) is 11.7 Å². The number of hydrogen-bond acceptors (Lipinski definition) is 4. The summed E-state index contributed by atoms with van der Waals surface area (Å²) in [5.41, 5.74) is 0. The molecule has 5 nitrogen and oxygen atoms in total. The molecule has 0 saturated heterocycles. The second-order valence-corrected chi connectivity index (χ2v) is 5.10. The molecule has 1 fully saturated rings. The van der Waals surface area contributed by atoms with Crippen LogP contribution in [0.1, 0.15) is 19.8 Å². The third-order valence-electron chi connectivity index (χ3n) is 3.25. The van der Waals surface area contributed by atoms with Crippen LogP contribution in [0.15, 0.2) is 24.3 Å². The van der Waals surface area contributed by atoms with Gasteiger partial charge in [0.1, 0.15) is 11.6 Å². The van der Waals surface area contributed by atoms with Crippen LogP contribution in [0.3, 0.4) is 0 Å². The first-order valence-corrected chi connectivity index (χ1v) is 6.88. The Bertz CT molecular complexity index is 499. The fourth-order valence-corrected chi connectivity index (χ4v) is 1.87. The summed E-state index contributed by atoms with van der Waals surface area (Å²) in [5, 5.41) is 2.78. The first kappa shape index (κ1) is 15.3. The van der Waals surface area contributed by atoms with Gasteiger partial charge in [0.25, 0.3) is 5.91 Å². The first-order chi connectivity index (χ1) is 10.0. The van der Waals surface area contributed by atoms with Crippen LogP contribution in [0.25, 0.3) is 0 Å². The Morgan fingerprint density at radius 3 is 2.57 bits per heavy atom. The van der Waals surface area contributed by atoms with Crippen molar-refractivity contribution in [2.75, 3.05) is 13.2 Å². The molecule has 1 aliphatic rings. The van der Waals surface area contributed by atoms with E-state index in [1.54, 1.807) is 0 Å². The number of nitrogens with one attached hydrogen (secondary N) is 1. The molecule has 0 spiro atoms. The maximum atomic E-state index is 12.7. The molecular formula is C15H18FNO4. The van der Waals surface area contributed by atoms with Crippen molar-refractivity contribution in [3.05, 3.63) is 30.1 Å². The van der Waals surface area contributed by atoms with Crippen LogP contribution in [0.5, 0.6) is 5.75 Å². The Labute approximate surface area is 122 Å². The number of ether oxygens (including phenoxy) is 2. The summed E-state index contributed by atoms with van der Waals surface area (Å²) in [4.78, 5) is 22.9. The molecule has 1 aliphatic carbocycles. The maximum absolute atomic E-state index is 12.7. The molecule has 0 aliphatic heterocycles. The second-order valence-electron chi connectivity index (χ2n) is 5.10. The molecular weight excluding hydrogens is 277 g/mol. The van der Waals surface area contributed by atoms with Crippen LogP contribution >= 0.6 is 0 Å². The van der Waals surface area contributed by atoms with Gasteiger partial charge in [-0.05, 0) is 49.9 Å². The van der Waals surface area contributed by atoms with Gasteiger partial charge in [0.15, 0.2) is 13.2 Å². The number of hydrogen-bond donors (Lipinski definition) is 1. The highest BCUT2D eigenvalue weighted by Crippen LogP contribution is 2.32. The summed E-state index contributed by atoms with van der Waals surface area (Å²) >= 11 is 0. The highest BCUT2D eigenvalue weighted by atomic mass is 19.1. The van der Waals surface area contributed by atoms with Crippen LogP contribution in [0.4, 0.5) is 4.39 Å². The molecule has 1 amide bonds. The smallest absolute Gasteiger partial charge is 0.344 e. The van der Waals surface area contributed by atoms with Crippen molar-refractivity contribution >= 4 is 11.9 Å². The SMILES string of the molecule is C[C@H](NC(=O)COC(=O)COc1ccc(F)cc1)C1CC1. The van der Waals surface area contributed by atoms with Gasteiger partial charge in [-0.15, -0.1) is 0 Å². The van der Waals surface area contributed by atoms with E-state index in [1.165, 1.54) is 24.3 Å². The normalized spacial score (nSPS) is 15.1. The van der Waals surface area contributed by atoms with Crippen molar-refractivity contribution < 1.29 is 23.5 Å². The van der Waals surface area contributed by atoms with Crippen LogP contribution in [-0.4, -0.2) is 31.1 Å². The number of esters is 1. The van der Waals surface area contributed by atoms with E-state index in [9.17, 15) is 14.0 Å². The van der Waals surface area contributed by atoms with Crippen LogP contribution in [-0.2, 0) is 14.3 Å². The summed E-state index contributed by atoms with van der Waals surface area (Å²) in [5.74, 6) is -0.434. The molecule has 0 bridgehead atoms. The van der Waals surface area contributed by atoms with Crippen molar-refractivity contribution in [2.45, 2.75) is 25.8 Å². The van der Waals surface area contributed by atoms with E-state index in [1.807, 2.05) is 6.92 Å². The number of rotatable bonds is 7. The predicted octanol–water partition coefficient (Wildman–Crippen LogP) is 1.66. The van der Waals surface area contributed by atoms with Gasteiger partial charge >= 0.3 is 5.97 Å². The molecule has 6 heteroatoms. The molecule has 1 atom stereocenters. The molecule has 1 saturated carbocycles. The average Bonchev–Trinajstić information content (AvgIpc) is 3.29. The largest absolute Gasteiger partial charge is 0.482 e. The highest BCUT2D eigenvalue weighted by molar-refractivity contribution is 5.81. The molecule has 1 aromatic rings. The number of carbonyl (C=O) groups excluding carboxylic acids is 2. The van der Waals surface area contributed by atoms with Gasteiger partial charge in [0.05, 0.1) is 0 Å². The maximum Gasteiger partial charge on any atom is 0.344 e. The van der Waals surface area contributed by atoms with E-state index in [0.717, 1.165) is 12.8 Å². The second kappa shape index (κ2) is 7.06. The minimum absolute atomic E-state index is 0.117.